The monoisotopic (exact) mass is 386 g/mol. The Morgan fingerprint density at radius 2 is 1.96 bits per heavy atom. The number of para-hydroxylation sites is 1. The smallest absolute Gasteiger partial charge is 0.271 e. The average Bonchev–Trinajstić information content (AvgIpc) is 2.97. The zero-order valence-electron chi connectivity index (χ0n) is 13.7. The van der Waals surface area contributed by atoms with Gasteiger partial charge in [-0.1, -0.05) is 41.1 Å². The number of rotatable bonds is 5. The van der Waals surface area contributed by atoms with Gasteiger partial charge in [-0.3, -0.25) is 4.79 Å². The Morgan fingerprint density at radius 3 is 2.69 bits per heavy atom. The van der Waals surface area contributed by atoms with Gasteiger partial charge in [-0.05, 0) is 42.8 Å². The number of benzene rings is 2. The van der Waals surface area contributed by atoms with Crippen LogP contribution in [-0.2, 0) is 0 Å². The molecule has 0 unspecified atom stereocenters. The number of aromatic nitrogens is 1. The highest BCUT2D eigenvalue weighted by Gasteiger charge is 2.09. The lowest BCUT2D eigenvalue weighted by Gasteiger charge is -2.05. The summed E-state index contributed by atoms with van der Waals surface area (Å²) in [6.45, 7) is 2.00. The number of phenols is 1. The Balaban J connectivity index is 1.65. The topological polar surface area (TPSA) is 86.6 Å². The number of hydrazone groups is 1. The van der Waals surface area contributed by atoms with Crippen LogP contribution in [0.2, 0.25) is 5.15 Å². The molecule has 8 heteroatoms. The Morgan fingerprint density at radius 1 is 1.23 bits per heavy atom. The summed E-state index contributed by atoms with van der Waals surface area (Å²) in [6.07, 6.45) is 1.45. The largest absolute Gasteiger partial charge is 0.508 e. The summed E-state index contributed by atoms with van der Waals surface area (Å²) < 4.78 is 0. The number of thiazole rings is 1. The zero-order valence-corrected chi connectivity index (χ0v) is 15.3. The van der Waals surface area contributed by atoms with Gasteiger partial charge in [0.05, 0.1) is 11.1 Å². The van der Waals surface area contributed by atoms with E-state index in [9.17, 15) is 9.90 Å². The molecule has 0 saturated carbocycles. The Hall–Kier alpha value is -2.90. The highest BCUT2D eigenvalue weighted by Crippen LogP contribution is 2.28. The number of hydrogen-bond donors (Lipinski definition) is 3. The van der Waals surface area contributed by atoms with Crippen LogP contribution >= 0.6 is 22.9 Å². The highest BCUT2D eigenvalue weighted by molar-refractivity contribution is 7.17. The van der Waals surface area contributed by atoms with Gasteiger partial charge in [0.25, 0.3) is 5.91 Å². The van der Waals surface area contributed by atoms with E-state index in [0.717, 1.165) is 11.3 Å². The van der Waals surface area contributed by atoms with Crippen molar-refractivity contribution in [3.8, 4) is 5.75 Å². The van der Waals surface area contributed by atoms with Crippen LogP contribution < -0.4 is 10.7 Å². The first-order chi connectivity index (χ1) is 12.5. The lowest BCUT2D eigenvalue weighted by atomic mass is 10.2. The van der Waals surface area contributed by atoms with Gasteiger partial charge < -0.3 is 10.4 Å². The number of carbonyl (C=O) groups excluding carboxylic acids is 1. The fraction of sp³-hybridized carbons (Fsp3) is 0.0556. The highest BCUT2D eigenvalue weighted by atomic mass is 35.5. The third-order valence-corrected chi connectivity index (χ3v) is 4.78. The molecule has 0 fully saturated rings. The fourth-order valence-electron chi connectivity index (χ4n) is 2.10. The number of phenolic OH excluding ortho intramolecular Hbond substituents is 1. The molecule has 0 saturated heterocycles. The van der Waals surface area contributed by atoms with E-state index in [-0.39, 0.29) is 11.7 Å². The molecule has 3 aromatic rings. The molecule has 3 rings (SSSR count). The molecule has 0 aliphatic heterocycles. The summed E-state index contributed by atoms with van der Waals surface area (Å²) >= 11 is 7.45. The predicted molar refractivity (Wildman–Crippen MR) is 105 cm³/mol. The van der Waals surface area contributed by atoms with Crippen molar-refractivity contribution in [2.24, 2.45) is 5.10 Å². The van der Waals surface area contributed by atoms with Gasteiger partial charge in [0.15, 0.2) is 10.3 Å². The summed E-state index contributed by atoms with van der Waals surface area (Å²) in [7, 11) is 0. The van der Waals surface area contributed by atoms with Crippen molar-refractivity contribution in [2.45, 2.75) is 6.92 Å². The number of halogens is 1. The van der Waals surface area contributed by atoms with Crippen LogP contribution in [0.1, 0.15) is 20.8 Å². The van der Waals surface area contributed by atoms with E-state index in [1.165, 1.54) is 41.8 Å². The summed E-state index contributed by atoms with van der Waals surface area (Å²) in [4.78, 5) is 16.8. The number of aryl methyl sites for hydroxylation is 1. The molecule has 0 aliphatic rings. The van der Waals surface area contributed by atoms with Crippen molar-refractivity contribution >= 4 is 45.9 Å². The van der Waals surface area contributed by atoms with Crippen molar-refractivity contribution in [1.82, 2.24) is 10.4 Å². The van der Waals surface area contributed by atoms with E-state index in [2.05, 4.69) is 20.8 Å². The van der Waals surface area contributed by atoms with Gasteiger partial charge in [-0.15, -0.1) is 0 Å². The molecular weight excluding hydrogens is 372 g/mol. The Bertz CT molecular complexity index is 954. The lowest BCUT2D eigenvalue weighted by Crippen LogP contribution is -2.17. The van der Waals surface area contributed by atoms with Crippen molar-refractivity contribution in [3.05, 3.63) is 69.7 Å². The summed E-state index contributed by atoms with van der Waals surface area (Å²) in [5.74, 6) is -0.296. The number of aromatic hydroxyl groups is 1. The fourth-order valence-corrected chi connectivity index (χ4v) is 3.14. The second kappa shape index (κ2) is 7.99. The van der Waals surface area contributed by atoms with E-state index in [1.807, 2.05) is 31.2 Å². The van der Waals surface area contributed by atoms with Gasteiger partial charge >= 0.3 is 0 Å². The van der Waals surface area contributed by atoms with Gasteiger partial charge in [-0.25, -0.2) is 10.4 Å². The number of anilines is 2. The maximum atomic E-state index is 12.0. The summed E-state index contributed by atoms with van der Waals surface area (Å²) in [5, 5.41) is 17.3. The van der Waals surface area contributed by atoms with Crippen LogP contribution in [0.3, 0.4) is 0 Å². The Kier molecular flexibility index (Phi) is 5.50. The zero-order chi connectivity index (χ0) is 18.5. The standard InChI is InChI=1S/C18H15ClN4O2S/c1-11-4-2-3-5-14(11)21-18-22-16(19)15(26-18)10-20-23-17(25)12-6-8-13(24)9-7-12/h2-10,24H,1H3,(H,21,22)(H,23,25)/b20-10+. The minimum absolute atomic E-state index is 0.0928. The van der Waals surface area contributed by atoms with E-state index in [1.54, 1.807) is 0 Å². The molecule has 2 aromatic carbocycles. The van der Waals surface area contributed by atoms with Gasteiger partial charge in [0, 0.05) is 11.3 Å². The second-order valence-electron chi connectivity index (χ2n) is 5.36. The van der Waals surface area contributed by atoms with E-state index in [4.69, 9.17) is 11.6 Å². The number of hydrogen-bond acceptors (Lipinski definition) is 6. The van der Waals surface area contributed by atoms with Crippen molar-refractivity contribution in [2.75, 3.05) is 5.32 Å². The minimum Gasteiger partial charge on any atom is -0.508 e. The van der Waals surface area contributed by atoms with E-state index >= 15 is 0 Å². The predicted octanol–water partition coefficient (Wildman–Crippen LogP) is 4.32. The molecule has 132 valence electrons. The third kappa shape index (κ3) is 4.38. The number of nitrogens with zero attached hydrogens (tertiary/aromatic N) is 2. The molecule has 1 heterocycles. The van der Waals surface area contributed by atoms with Crippen LogP contribution in [0.15, 0.2) is 53.6 Å². The molecule has 0 bridgehead atoms. The maximum Gasteiger partial charge on any atom is 0.271 e. The molecule has 0 spiro atoms. The first-order valence-electron chi connectivity index (χ1n) is 7.64. The Labute approximate surface area is 159 Å². The van der Waals surface area contributed by atoms with Gasteiger partial charge in [0.1, 0.15) is 5.75 Å². The number of amides is 1. The SMILES string of the molecule is Cc1ccccc1Nc1nc(Cl)c(/C=N/NC(=O)c2ccc(O)cc2)s1. The van der Waals surface area contributed by atoms with Crippen LogP contribution in [0.4, 0.5) is 10.8 Å². The van der Waals surface area contributed by atoms with Crippen molar-refractivity contribution in [3.63, 3.8) is 0 Å². The van der Waals surface area contributed by atoms with Crippen molar-refractivity contribution in [1.29, 1.82) is 0 Å². The molecule has 26 heavy (non-hydrogen) atoms. The van der Waals surface area contributed by atoms with Gasteiger partial charge in [0.2, 0.25) is 0 Å². The molecule has 6 nitrogen and oxygen atoms in total. The number of nitrogens with one attached hydrogen (secondary N) is 2. The first kappa shape index (κ1) is 17.9. The molecule has 0 atom stereocenters. The van der Waals surface area contributed by atoms with Crippen LogP contribution in [-0.4, -0.2) is 22.2 Å². The molecule has 3 N–H and O–H groups in total. The molecular formula is C18H15ClN4O2S. The average molecular weight is 387 g/mol. The maximum absolute atomic E-state index is 12.0. The first-order valence-corrected chi connectivity index (χ1v) is 8.84. The molecule has 0 aliphatic carbocycles. The summed E-state index contributed by atoms with van der Waals surface area (Å²) in [5.41, 5.74) is 4.84. The lowest BCUT2D eigenvalue weighted by molar-refractivity contribution is 0.0955. The van der Waals surface area contributed by atoms with Crippen LogP contribution in [0.5, 0.6) is 5.75 Å². The third-order valence-electron chi connectivity index (χ3n) is 3.47. The summed E-state index contributed by atoms with van der Waals surface area (Å²) in [6, 6.07) is 13.7. The minimum atomic E-state index is -0.389. The molecule has 0 radical (unpaired) electrons. The quantitative estimate of drug-likeness (QED) is 0.450. The number of carbonyl (C=O) groups is 1. The van der Waals surface area contributed by atoms with Crippen LogP contribution in [0, 0.1) is 6.92 Å². The van der Waals surface area contributed by atoms with Crippen molar-refractivity contribution < 1.29 is 9.90 Å². The van der Waals surface area contributed by atoms with E-state index in [0.29, 0.717) is 20.7 Å². The molecule has 1 amide bonds. The van der Waals surface area contributed by atoms with E-state index < -0.39 is 0 Å². The second-order valence-corrected chi connectivity index (χ2v) is 6.75. The van der Waals surface area contributed by atoms with Gasteiger partial charge in [-0.2, -0.15) is 5.10 Å². The molecule has 1 aromatic heterocycles. The normalized spacial score (nSPS) is 10.8. The van der Waals surface area contributed by atoms with Crippen LogP contribution in [0.25, 0.3) is 0 Å².